The van der Waals surface area contributed by atoms with Crippen molar-refractivity contribution >= 4 is 17.7 Å². The maximum atomic E-state index is 11.8. The molecule has 0 atom stereocenters. The van der Waals surface area contributed by atoms with E-state index in [1.807, 2.05) is 0 Å². The molecule has 0 aliphatic carbocycles. The average Bonchev–Trinajstić information content (AvgIpc) is 2.79. The highest BCUT2D eigenvalue weighted by atomic mass is 32.2. The van der Waals surface area contributed by atoms with Crippen molar-refractivity contribution in [2.45, 2.75) is 45.3 Å². The number of hydrogen-bond acceptors (Lipinski definition) is 6. The molecular weight excluding hydrogens is 252 g/mol. The summed E-state index contributed by atoms with van der Waals surface area (Å²) in [6.45, 7) is 7.69. The van der Waals surface area contributed by atoms with Crippen molar-refractivity contribution in [2.24, 2.45) is 0 Å². The molecule has 0 saturated carbocycles. The van der Waals surface area contributed by atoms with Gasteiger partial charge in [0.25, 0.3) is 0 Å². The lowest BCUT2D eigenvalue weighted by Gasteiger charge is -2.16. The van der Waals surface area contributed by atoms with E-state index >= 15 is 0 Å². The van der Waals surface area contributed by atoms with Crippen LogP contribution in [0.3, 0.4) is 0 Å². The van der Waals surface area contributed by atoms with Crippen LogP contribution in [0.2, 0.25) is 0 Å². The molecule has 0 fully saturated rings. The van der Waals surface area contributed by atoms with E-state index in [0.717, 1.165) is 12.2 Å². The second kappa shape index (κ2) is 6.78. The van der Waals surface area contributed by atoms with Gasteiger partial charge in [-0.25, -0.2) is 0 Å². The first-order valence-electron chi connectivity index (χ1n) is 6.10. The maximum Gasteiger partial charge on any atom is 0.321 e. The molecule has 1 aromatic rings. The molecule has 0 aromatic carbocycles. The first kappa shape index (κ1) is 15.0. The highest BCUT2D eigenvalue weighted by molar-refractivity contribution is 7.98. The zero-order valence-electron chi connectivity index (χ0n) is 11.4. The molecule has 0 bridgehead atoms. The van der Waals surface area contributed by atoms with Crippen molar-refractivity contribution in [1.82, 2.24) is 10.1 Å². The summed E-state index contributed by atoms with van der Waals surface area (Å²) in [6.07, 6.45) is 1.11. The number of ether oxygens (including phenoxy) is 1. The van der Waals surface area contributed by atoms with Gasteiger partial charge in [0.15, 0.2) is 5.82 Å². The number of rotatable bonds is 7. The fraction of sp³-hybridized carbons (Fsp3) is 0.750. The molecule has 0 aliphatic rings. The van der Waals surface area contributed by atoms with Crippen LogP contribution in [-0.2, 0) is 20.7 Å². The molecule has 0 aliphatic heterocycles. The van der Waals surface area contributed by atoms with E-state index in [-0.39, 0.29) is 5.97 Å². The SMILES string of the molecule is CCCSCc1noc(C(C)(C)C(=O)OCC)n1. The fourth-order valence-corrected chi connectivity index (χ4v) is 2.01. The number of thioether (sulfide) groups is 1. The summed E-state index contributed by atoms with van der Waals surface area (Å²) >= 11 is 1.75. The van der Waals surface area contributed by atoms with Crippen molar-refractivity contribution in [3.63, 3.8) is 0 Å². The molecule has 0 amide bonds. The zero-order valence-corrected chi connectivity index (χ0v) is 12.2. The third-order valence-corrected chi connectivity index (χ3v) is 3.53. The molecule has 102 valence electrons. The Bertz CT molecular complexity index is 390. The third kappa shape index (κ3) is 3.73. The molecule has 0 N–H and O–H groups in total. The van der Waals surface area contributed by atoms with Gasteiger partial charge in [0, 0.05) is 0 Å². The summed E-state index contributed by atoms with van der Waals surface area (Å²) in [5.74, 6) is 2.36. The molecule has 0 unspecified atom stereocenters. The van der Waals surface area contributed by atoms with Crippen LogP contribution < -0.4 is 0 Å². The Hall–Kier alpha value is -1.04. The van der Waals surface area contributed by atoms with Crippen LogP contribution in [0, 0.1) is 0 Å². The van der Waals surface area contributed by atoms with Crippen molar-refractivity contribution in [3.8, 4) is 0 Å². The Labute approximate surface area is 112 Å². The topological polar surface area (TPSA) is 65.2 Å². The zero-order chi connectivity index (χ0) is 13.6. The molecular formula is C12H20N2O3S. The molecule has 1 rings (SSSR count). The Morgan fingerprint density at radius 2 is 2.17 bits per heavy atom. The van der Waals surface area contributed by atoms with Gasteiger partial charge in [0.1, 0.15) is 5.41 Å². The third-order valence-electron chi connectivity index (χ3n) is 2.37. The van der Waals surface area contributed by atoms with Crippen LogP contribution >= 0.6 is 11.8 Å². The van der Waals surface area contributed by atoms with Crippen LogP contribution in [0.1, 0.15) is 45.8 Å². The summed E-state index contributed by atoms with van der Waals surface area (Å²) in [7, 11) is 0. The number of hydrogen-bond donors (Lipinski definition) is 0. The predicted molar refractivity (Wildman–Crippen MR) is 70.4 cm³/mol. The Balaban J connectivity index is 2.68. The minimum absolute atomic E-state index is 0.313. The lowest BCUT2D eigenvalue weighted by molar-refractivity contribution is -0.149. The average molecular weight is 272 g/mol. The smallest absolute Gasteiger partial charge is 0.321 e. The van der Waals surface area contributed by atoms with E-state index in [4.69, 9.17) is 9.26 Å². The number of carbonyl (C=O) groups is 1. The molecule has 18 heavy (non-hydrogen) atoms. The largest absolute Gasteiger partial charge is 0.465 e. The van der Waals surface area contributed by atoms with E-state index < -0.39 is 5.41 Å². The molecule has 6 heteroatoms. The molecule has 1 aromatic heterocycles. The number of carbonyl (C=O) groups excluding carboxylic acids is 1. The second-order valence-electron chi connectivity index (χ2n) is 4.41. The molecule has 0 saturated heterocycles. The van der Waals surface area contributed by atoms with Gasteiger partial charge in [-0.2, -0.15) is 16.7 Å². The quantitative estimate of drug-likeness (QED) is 0.561. The van der Waals surface area contributed by atoms with E-state index in [0.29, 0.717) is 24.1 Å². The fourth-order valence-electron chi connectivity index (χ4n) is 1.27. The molecule has 1 heterocycles. The van der Waals surface area contributed by atoms with Crippen LogP contribution in [0.4, 0.5) is 0 Å². The standard InChI is InChI=1S/C12H20N2O3S/c1-5-7-18-8-9-13-10(17-14-9)12(3,4)11(15)16-6-2/h5-8H2,1-4H3. The van der Waals surface area contributed by atoms with E-state index in [9.17, 15) is 4.79 Å². The van der Waals surface area contributed by atoms with Crippen molar-refractivity contribution < 1.29 is 14.1 Å². The molecule has 0 spiro atoms. The minimum atomic E-state index is -0.892. The van der Waals surface area contributed by atoms with Gasteiger partial charge in [-0.15, -0.1) is 0 Å². The lowest BCUT2D eigenvalue weighted by atomic mass is 9.94. The summed E-state index contributed by atoms with van der Waals surface area (Å²) in [6, 6.07) is 0. The Morgan fingerprint density at radius 3 is 2.78 bits per heavy atom. The number of esters is 1. The Morgan fingerprint density at radius 1 is 1.44 bits per heavy atom. The van der Waals surface area contributed by atoms with Gasteiger partial charge < -0.3 is 9.26 Å². The van der Waals surface area contributed by atoms with Crippen molar-refractivity contribution in [2.75, 3.05) is 12.4 Å². The number of aromatic nitrogens is 2. The molecule has 0 radical (unpaired) electrons. The van der Waals surface area contributed by atoms with Gasteiger partial charge in [-0.1, -0.05) is 12.1 Å². The minimum Gasteiger partial charge on any atom is -0.465 e. The van der Waals surface area contributed by atoms with Gasteiger partial charge in [-0.05, 0) is 32.9 Å². The second-order valence-corrected chi connectivity index (χ2v) is 5.52. The lowest BCUT2D eigenvalue weighted by Crippen LogP contribution is -2.31. The molecule has 5 nitrogen and oxygen atoms in total. The first-order valence-corrected chi connectivity index (χ1v) is 7.25. The van der Waals surface area contributed by atoms with E-state index in [1.165, 1.54) is 0 Å². The van der Waals surface area contributed by atoms with E-state index in [1.54, 1.807) is 32.5 Å². The van der Waals surface area contributed by atoms with Gasteiger partial charge >= 0.3 is 5.97 Å². The first-order chi connectivity index (χ1) is 8.52. The predicted octanol–water partition coefficient (Wildman–Crippen LogP) is 2.55. The highest BCUT2D eigenvalue weighted by Crippen LogP contribution is 2.24. The van der Waals surface area contributed by atoms with Crippen LogP contribution in [-0.4, -0.2) is 28.5 Å². The summed E-state index contributed by atoms with van der Waals surface area (Å²) < 4.78 is 10.1. The van der Waals surface area contributed by atoms with Crippen molar-refractivity contribution in [3.05, 3.63) is 11.7 Å². The van der Waals surface area contributed by atoms with Gasteiger partial charge in [0.2, 0.25) is 5.89 Å². The van der Waals surface area contributed by atoms with Crippen molar-refractivity contribution in [1.29, 1.82) is 0 Å². The summed E-state index contributed by atoms with van der Waals surface area (Å²) in [4.78, 5) is 16.0. The van der Waals surface area contributed by atoms with Gasteiger partial charge in [-0.3, -0.25) is 4.79 Å². The number of nitrogens with zero attached hydrogens (tertiary/aromatic N) is 2. The van der Waals surface area contributed by atoms with Gasteiger partial charge in [0.05, 0.1) is 12.4 Å². The maximum absolute atomic E-state index is 11.8. The monoisotopic (exact) mass is 272 g/mol. The van der Waals surface area contributed by atoms with Crippen LogP contribution in [0.15, 0.2) is 4.52 Å². The van der Waals surface area contributed by atoms with Crippen LogP contribution in [0.5, 0.6) is 0 Å². The normalized spacial score (nSPS) is 11.6. The highest BCUT2D eigenvalue weighted by Gasteiger charge is 2.37. The Kier molecular flexibility index (Phi) is 5.65. The summed E-state index contributed by atoms with van der Waals surface area (Å²) in [5.41, 5.74) is -0.892. The van der Waals surface area contributed by atoms with Crippen LogP contribution in [0.25, 0.3) is 0 Å². The van der Waals surface area contributed by atoms with E-state index in [2.05, 4.69) is 17.1 Å². The summed E-state index contributed by atoms with van der Waals surface area (Å²) in [5, 5.41) is 3.88.